The Bertz CT molecular complexity index is 651. The number of aromatic nitrogens is 2. The molecule has 1 spiro atoms. The summed E-state index contributed by atoms with van der Waals surface area (Å²) in [7, 11) is 0. The van der Waals surface area contributed by atoms with Crippen LogP contribution in [0.1, 0.15) is 38.1 Å². The predicted octanol–water partition coefficient (Wildman–Crippen LogP) is 3.30. The van der Waals surface area contributed by atoms with E-state index in [9.17, 15) is 0 Å². The second-order valence-electron chi connectivity index (χ2n) is 6.87. The second kappa shape index (κ2) is 6.06. The van der Waals surface area contributed by atoms with E-state index in [-0.39, 0.29) is 6.04 Å². The fourth-order valence-corrected chi connectivity index (χ4v) is 3.60. The van der Waals surface area contributed by atoms with Crippen LogP contribution < -0.4 is 0 Å². The Morgan fingerprint density at radius 2 is 2.04 bits per heavy atom. The topological polar surface area (TPSA) is 51.4 Å². The van der Waals surface area contributed by atoms with Crippen molar-refractivity contribution in [2.24, 2.45) is 5.41 Å². The molecule has 2 aliphatic rings. The maximum absolute atomic E-state index is 5.83. The Morgan fingerprint density at radius 3 is 2.78 bits per heavy atom. The second-order valence-corrected chi connectivity index (χ2v) is 6.87. The van der Waals surface area contributed by atoms with Crippen molar-refractivity contribution in [3.05, 3.63) is 36.2 Å². The van der Waals surface area contributed by atoms with Gasteiger partial charge in [0, 0.05) is 24.1 Å². The van der Waals surface area contributed by atoms with Gasteiger partial charge in [-0.2, -0.15) is 4.98 Å². The van der Waals surface area contributed by atoms with E-state index in [1.807, 2.05) is 30.3 Å². The highest BCUT2D eigenvalue weighted by molar-refractivity contribution is 5.53. The fourth-order valence-electron chi connectivity index (χ4n) is 3.60. The molecule has 0 radical (unpaired) electrons. The van der Waals surface area contributed by atoms with Crippen LogP contribution in [0, 0.1) is 5.41 Å². The van der Waals surface area contributed by atoms with Crippen LogP contribution in [-0.2, 0) is 4.74 Å². The van der Waals surface area contributed by atoms with E-state index in [0.29, 0.717) is 17.1 Å². The molecule has 5 nitrogen and oxygen atoms in total. The van der Waals surface area contributed by atoms with Gasteiger partial charge < -0.3 is 9.26 Å². The number of rotatable bonds is 3. The van der Waals surface area contributed by atoms with Crippen LogP contribution in [0.3, 0.4) is 0 Å². The van der Waals surface area contributed by atoms with Crippen LogP contribution in [0.25, 0.3) is 11.4 Å². The Hall–Kier alpha value is -1.72. The van der Waals surface area contributed by atoms with Gasteiger partial charge in [-0.25, -0.2) is 0 Å². The lowest BCUT2D eigenvalue weighted by Crippen LogP contribution is -2.44. The number of ether oxygens (including phenoxy) is 1. The Labute approximate surface area is 136 Å². The molecule has 1 saturated heterocycles. The van der Waals surface area contributed by atoms with Gasteiger partial charge in [-0.3, -0.25) is 4.90 Å². The SMILES string of the molecule is CC(c1nc(-c2ccccc2)no1)N1CCOCC2(CCC2)C1. The summed E-state index contributed by atoms with van der Waals surface area (Å²) in [5.74, 6) is 1.36. The van der Waals surface area contributed by atoms with Gasteiger partial charge in [0.25, 0.3) is 0 Å². The quantitative estimate of drug-likeness (QED) is 0.870. The summed E-state index contributed by atoms with van der Waals surface area (Å²) in [6, 6.07) is 10.1. The van der Waals surface area contributed by atoms with E-state index < -0.39 is 0 Å². The molecule has 2 aromatic rings. The molecule has 0 bridgehead atoms. The van der Waals surface area contributed by atoms with Gasteiger partial charge in [-0.1, -0.05) is 41.9 Å². The van der Waals surface area contributed by atoms with Crippen LogP contribution in [-0.4, -0.2) is 41.3 Å². The van der Waals surface area contributed by atoms with Crippen molar-refractivity contribution in [2.75, 3.05) is 26.3 Å². The average molecular weight is 313 g/mol. The number of benzene rings is 1. The van der Waals surface area contributed by atoms with E-state index in [1.165, 1.54) is 19.3 Å². The molecule has 23 heavy (non-hydrogen) atoms. The maximum Gasteiger partial charge on any atom is 0.244 e. The molecule has 1 aliphatic carbocycles. The van der Waals surface area contributed by atoms with Crippen molar-refractivity contribution in [1.29, 1.82) is 0 Å². The van der Waals surface area contributed by atoms with Crippen LogP contribution >= 0.6 is 0 Å². The van der Waals surface area contributed by atoms with Crippen molar-refractivity contribution in [2.45, 2.75) is 32.2 Å². The lowest BCUT2D eigenvalue weighted by Gasteiger charge is -2.43. The first-order valence-corrected chi connectivity index (χ1v) is 8.47. The molecule has 2 fully saturated rings. The Balaban J connectivity index is 1.52. The number of hydrogen-bond donors (Lipinski definition) is 0. The van der Waals surface area contributed by atoms with Gasteiger partial charge in [-0.15, -0.1) is 0 Å². The number of hydrogen-bond acceptors (Lipinski definition) is 5. The minimum atomic E-state index is 0.124. The van der Waals surface area contributed by atoms with Gasteiger partial charge in [-0.05, 0) is 19.8 Å². The molecule has 0 N–H and O–H groups in total. The predicted molar refractivity (Wildman–Crippen MR) is 86.8 cm³/mol. The molecule has 122 valence electrons. The highest BCUT2D eigenvalue weighted by Gasteiger charge is 2.41. The third kappa shape index (κ3) is 2.91. The van der Waals surface area contributed by atoms with E-state index in [0.717, 1.165) is 31.9 Å². The molecular formula is C18H23N3O2. The van der Waals surface area contributed by atoms with Crippen LogP contribution in [0.4, 0.5) is 0 Å². The minimum absolute atomic E-state index is 0.124. The fraction of sp³-hybridized carbons (Fsp3) is 0.556. The minimum Gasteiger partial charge on any atom is -0.379 e. The number of nitrogens with zero attached hydrogens (tertiary/aromatic N) is 3. The van der Waals surface area contributed by atoms with E-state index >= 15 is 0 Å². The largest absolute Gasteiger partial charge is 0.379 e. The maximum atomic E-state index is 5.83. The standard InChI is InChI=1S/C18H23N3O2/c1-14(21-10-11-22-13-18(12-21)8-5-9-18)17-19-16(20-23-17)15-6-3-2-4-7-15/h2-4,6-7,14H,5,8-13H2,1H3. The first-order valence-electron chi connectivity index (χ1n) is 8.47. The average Bonchev–Trinajstić information content (AvgIpc) is 2.93. The molecule has 5 heteroatoms. The van der Waals surface area contributed by atoms with Gasteiger partial charge >= 0.3 is 0 Å². The third-order valence-electron chi connectivity index (χ3n) is 5.26. The smallest absolute Gasteiger partial charge is 0.244 e. The highest BCUT2D eigenvalue weighted by Crippen LogP contribution is 2.44. The Morgan fingerprint density at radius 1 is 1.22 bits per heavy atom. The summed E-state index contributed by atoms with van der Waals surface area (Å²) in [4.78, 5) is 7.06. The van der Waals surface area contributed by atoms with Gasteiger partial charge in [0.2, 0.25) is 11.7 Å². The highest BCUT2D eigenvalue weighted by atomic mass is 16.5. The monoisotopic (exact) mass is 313 g/mol. The summed E-state index contributed by atoms with van der Waals surface area (Å²) in [6.07, 6.45) is 3.87. The van der Waals surface area contributed by atoms with E-state index in [4.69, 9.17) is 9.26 Å². The van der Waals surface area contributed by atoms with Crippen molar-refractivity contribution < 1.29 is 9.26 Å². The van der Waals surface area contributed by atoms with Crippen molar-refractivity contribution >= 4 is 0 Å². The summed E-state index contributed by atoms with van der Waals surface area (Å²) >= 11 is 0. The molecule has 1 atom stereocenters. The van der Waals surface area contributed by atoms with Crippen molar-refractivity contribution in [1.82, 2.24) is 15.0 Å². The molecule has 2 heterocycles. The van der Waals surface area contributed by atoms with Gasteiger partial charge in [0.15, 0.2) is 0 Å². The molecule has 1 saturated carbocycles. The molecule has 1 aromatic heterocycles. The van der Waals surface area contributed by atoms with Gasteiger partial charge in [0.05, 0.1) is 19.3 Å². The zero-order valence-corrected chi connectivity index (χ0v) is 13.6. The van der Waals surface area contributed by atoms with Crippen LogP contribution in [0.2, 0.25) is 0 Å². The summed E-state index contributed by atoms with van der Waals surface area (Å²) in [5, 5.41) is 4.15. The normalized spacial score (nSPS) is 22.5. The first kappa shape index (κ1) is 14.8. The Kier molecular flexibility index (Phi) is 3.91. The van der Waals surface area contributed by atoms with Gasteiger partial charge in [0.1, 0.15) is 0 Å². The molecule has 0 amide bonds. The molecule has 4 rings (SSSR count). The summed E-state index contributed by atoms with van der Waals surface area (Å²) < 4.78 is 11.4. The third-order valence-corrected chi connectivity index (χ3v) is 5.26. The first-order chi connectivity index (χ1) is 11.3. The molecule has 1 aliphatic heterocycles. The van der Waals surface area contributed by atoms with Crippen molar-refractivity contribution in [3.8, 4) is 11.4 Å². The van der Waals surface area contributed by atoms with Crippen LogP contribution in [0.15, 0.2) is 34.9 Å². The zero-order valence-electron chi connectivity index (χ0n) is 13.6. The molecular weight excluding hydrogens is 290 g/mol. The summed E-state index contributed by atoms with van der Waals surface area (Å²) in [5.41, 5.74) is 1.34. The lowest BCUT2D eigenvalue weighted by atomic mass is 9.69. The molecule has 1 unspecified atom stereocenters. The lowest BCUT2D eigenvalue weighted by molar-refractivity contribution is 0.00557. The summed E-state index contributed by atoms with van der Waals surface area (Å²) in [6.45, 7) is 5.82. The van der Waals surface area contributed by atoms with Crippen LogP contribution in [0.5, 0.6) is 0 Å². The molecule has 1 aromatic carbocycles. The zero-order chi connectivity index (χ0) is 15.7. The van der Waals surface area contributed by atoms with E-state index in [2.05, 4.69) is 22.0 Å². The van der Waals surface area contributed by atoms with Crippen molar-refractivity contribution in [3.63, 3.8) is 0 Å². The van der Waals surface area contributed by atoms with E-state index in [1.54, 1.807) is 0 Å².